The van der Waals surface area contributed by atoms with Crippen molar-refractivity contribution in [3.63, 3.8) is 0 Å². The van der Waals surface area contributed by atoms with Crippen molar-refractivity contribution in [2.45, 2.75) is 26.2 Å². The van der Waals surface area contributed by atoms with Gasteiger partial charge in [-0.25, -0.2) is 12.2 Å². The predicted octanol–water partition coefficient (Wildman–Crippen LogP) is 4.78. The average Bonchev–Trinajstić information content (AvgIpc) is 2.43. The molecule has 0 aliphatic heterocycles. The molecule has 1 rings (SSSR count). The molecular formula is C9H17HfI3-2. The van der Waals surface area contributed by atoms with E-state index in [2.05, 4.69) is 26.0 Å². The first-order chi connectivity index (χ1) is 4.41. The van der Waals surface area contributed by atoms with Gasteiger partial charge in [-0.15, -0.1) is 78.4 Å². The molecule has 0 atom stereocenters. The Kier molecular flexibility index (Phi) is 66.6. The summed E-state index contributed by atoms with van der Waals surface area (Å²) in [7, 11) is 0. The van der Waals surface area contributed by atoms with E-state index in [4.69, 9.17) is 0 Å². The molecule has 0 saturated carbocycles. The summed E-state index contributed by atoms with van der Waals surface area (Å²) in [5, 5.41) is 0. The summed E-state index contributed by atoms with van der Waals surface area (Å²) in [4.78, 5) is 0. The zero-order valence-electron chi connectivity index (χ0n) is 7.79. The van der Waals surface area contributed by atoms with Crippen molar-refractivity contribution in [3.8, 4) is 0 Å². The Labute approximate surface area is 153 Å². The van der Waals surface area contributed by atoms with Crippen LogP contribution < -0.4 is 0 Å². The molecule has 13 heavy (non-hydrogen) atoms. The molecule has 0 spiro atoms. The van der Waals surface area contributed by atoms with Crippen LogP contribution in [0.4, 0.5) is 0 Å². The molecule has 80 valence electrons. The van der Waals surface area contributed by atoms with E-state index in [1.165, 1.54) is 6.42 Å². The van der Waals surface area contributed by atoms with E-state index in [1.807, 2.05) is 12.2 Å². The summed E-state index contributed by atoms with van der Waals surface area (Å²) in [6.45, 7) is 5.72. The zero-order chi connectivity index (χ0) is 6.95. The second kappa shape index (κ2) is 29.3. The summed E-state index contributed by atoms with van der Waals surface area (Å²) in [6, 6.07) is 0. The van der Waals surface area contributed by atoms with Crippen molar-refractivity contribution in [1.29, 1.82) is 0 Å². The van der Waals surface area contributed by atoms with E-state index in [0.717, 1.165) is 12.8 Å². The minimum Gasteiger partial charge on any atom is -0.343 e. The molecule has 0 heterocycles. The van der Waals surface area contributed by atoms with E-state index in [9.17, 15) is 0 Å². The van der Waals surface area contributed by atoms with Crippen molar-refractivity contribution >= 4 is 71.9 Å². The zero-order valence-corrected chi connectivity index (χ0v) is 18.4. The standard InChI is InChI=1S/C5H5.C4H9.Hf.3HI/c1-2-4-5-3-1;1-3-4-2;;;;/h1-3H,4H2;1,3-4H2,2H3;;3*1H/q2*-1;;;;. The van der Waals surface area contributed by atoms with E-state index in [0.29, 0.717) is 0 Å². The molecule has 0 bridgehead atoms. The van der Waals surface area contributed by atoms with Crippen LogP contribution in [-0.4, -0.2) is 0 Å². The van der Waals surface area contributed by atoms with Gasteiger partial charge in [0, 0.05) is 25.8 Å². The Morgan fingerprint density at radius 1 is 1.31 bits per heavy atom. The molecule has 0 aromatic rings. The number of halogens is 3. The maximum Gasteiger partial charge on any atom is 0 e. The van der Waals surface area contributed by atoms with Crippen molar-refractivity contribution in [2.24, 2.45) is 0 Å². The Morgan fingerprint density at radius 3 is 1.85 bits per heavy atom. The summed E-state index contributed by atoms with van der Waals surface area (Å²) in [6.07, 6.45) is 12.3. The smallest absolute Gasteiger partial charge is 0 e. The van der Waals surface area contributed by atoms with Gasteiger partial charge in [0.1, 0.15) is 0 Å². The van der Waals surface area contributed by atoms with Gasteiger partial charge in [-0.05, 0) is 0 Å². The van der Waals surface area contributed by atoms with Crippen LogP contribution in [0.2, 0.25) is 0 Å². The predicted molar refractivity (Wildman–Crippen MR) is 88.1 cm³/mol. The van der Waals surface area contributed by atoms with Gasteiger partial charge in [0.15, 0.2) is 0 Å². The SMILES string of the molecule is I.I.I.[C-]1=CC=CC1.[CH2-]CCC.[Hf]. The van der Waals surface area contributed by atoms with Gasteiger partial charge < -0.3 is 6.92 Å². The first kappa shape index (κ1) is 29.6. The van der Waals surface area contributed by atoms with Crippen LogP contribution in [0.1, 0.15) is 26.2 Å². The number of allylic oxidation sites excluding steroid dienone is 4. The third-order valence-corrected chi connectivity index (χ3v) is 0.939. The molecule has 0 aromatic heterocycles. The first-order valence-electron chi connectivity index (χ1n) is 3.42. The average molecular weight is 684 g/mol. The van der Waals surface area contributed by atoms with E-state index < -0.39 is 0 Å². The van der Waals surface area contributed by atoms with Crippen LogP contribution in [0, 0.1) is 13.0 Å². The topological polar surface area (TPSA) is 0 Å². The third-order valence-electron chi connectivity index (χ3n) is 0.939. The van der Waals surface area contributed by atoms with Crippen LogP contribution in [0.3, 0.4) is 0 Å². The maximum absolute atomic E-state index is 3.60. The third kappa shape index (κ3) is 31.4. The van der Waals surface area contributed by atoms with Crippen LogP contribution >= 0.6 is 71.9 Å². The Bertz CT molecular complexity index is 91.0. The molecule has 1 aliphatic carbocycles. The molecule has 0 aromatic carbocycles. The van der Waals surface area contributed by atoms with Crippen LogP contribution in [-0.2, 0) is 25.8 Å². The molecule has 0 amide bonds. The number of hydrogen-bond donors (Lipinski definition) is 0. The Balaban J connectivity index is -0.0000000256. The van der Waals surface area contributed by atoms with Crippen molar-refractivity contribution < 1.29 is 25.8 Å². The molecule has 0 fully saturated rings. The molecule has 1 aliphatic rings. The minimum atomic E-state index is 0. The quantitative estimate of drug-likeness (QED) is 0.212. The number of hydrogen-bond acceptors (Lipinski definition) is 0. The fraction of sp³-hybridized carbons (Fsp3) is 0.444. The molecule has 0 radical (unpaired) electrons. The molecule has 0 unspecified atom stereocenters. The van der Waals surface area contributed by atoms with E-state index in [-0.39, 0.29) is 97.8 Å². The molecule has 0 N–H and O–H groups in total. The monoisotopic (exact) mass is 686 g/mol. The first-order valence-corrected chi connectivity index (χ1v) is 3.42. The molecular weight excluding hydrogens is 667 g/mol. The van der Waals surface area contributed by atoms with Gasteiger partial charge in [-0.3, -0.25) is 6.08 Å². The largest absolute Gasteiger partial charge is 0.343 e. The van der Waals surface area contributed by atoms with Crippen LogP contribution in [0.15, 0.2) is 18.2 Å². The molecule has 4 heteroatoms. The van der Waals surface area contributed by atoms with Crippen molar-refractivity contribution in [2.75, 3.05) is 0 Å². The van der Waals surface area contributed by atoms with Gasteiger partial charge in [-0.2, -0.15) is 12.5 Å². The van der Waals surface area contributed by atoms with Crippen molar-refractivity contribution in [1.82, 2.24) is 0 Å². The van der Waals surface area contributed by atoms with Crippen LogP contribution in [0.25, 0.3) is 0 Å². The Hall–Kier alpha value is 2.54. The van der Waals surface area contributed by atoms with Gasteiger partial charge in [-0.1, -0.05) is 13.3 Å². The Morgan fingerprint density at radius 2 is 1.77 bits per heavy atom. The second-order valence-corrected chi connectivity index (χ2v) is 1.86. The second-order valence-electron chi connectivity index (χ2n) is 1.86. The molecule has 0 saturated heterocycles. The number of rotatable bonds is 1. The molecule has 0 nitrogen and oxygen atoms in total. The van der Waals surface area contributed by atoms with Gasteiger partial charge in [0.2, 0.25) is 0 Å². The van der Waals surface area contributed by atoms with Crippen LogP contribution in [0.5, 0.6) is 0 Å². The summed E-state index contributed by atoms with van der Waals surface area (Å²) in [5.74, 6) is 0. The normalized spacial score (nSPS) is 9.08. The summed E-state index contributed by atoms with van der Waals surface area (Å²) >= 11 is 0. The minimum absolute atomic E-state index is 0. The van der Waals surface area contributed by atoms with Gasteiger partial charge >= 0.3 is 0 Å². The fourth-order valence-corrected chi connectivity index (χ4v) is 0.340. The van der Waals surface area contributed by atoms with E-state index >= 15 is 0 Å². The van der Waals surface area contributed by atoms with Gasteiger partial charge in [0.25, 0.3) is 0 Å². The summed E-state index contributed by atoms with van der Waals surface area (Å²) < 4.78 is 0. The van der Waals surface area contributed by atoms with Gasteiger partial charge in [0.05, 0.1) is 0 Å². The fourth-order valence-electron chi connectivity index (χ4n) is 0.340. The number of unbranched alkanes of at least 4 members (excludes halogenated alkanes) is 1. The van der Waals surface area contributed by atoms with Crippen molar-refractivity contribution in [3.05, 3.63) is 31.2 Å². The summed E-state index contributed by atoms with van der Waals surface area (Å²) in [5.41, 5.74) is 0. The van der Waals surface area contributed by atoms with E-state index in [1.54, 1.807) is 0 Å². The maximum atomic E-state index is 3.60.